The number of unbranched alkanes of at least 4 members (excludes halogenated alkanes) is 3. The Balaban J connectivity index is 2.00. The average Bonchev–Trinajstić information content (AvgIpc) is 3.13. The van der Waals surface area contributed by atoms with Crippen LogP contribution in [0.1, 0.15) is 112 Å². The van der Waals surface area contributed by atoms with Crippen LogP contribution < -0.4 is 38.1 Å². The molecule has 2 saturated carbocycles. The van der Waals surface area contributed by atoms with Crippen LogP contribution in [0, 0.1) is 17.8 Å². The Morgan fingerprint density at radius 1 is 0.889 bits per heavy atom. The van der Waals surface area contributed by atoms with Gasteiger partial charge in [0.1, 0.15) is 24.2 Å². The number of rotatable bonds is 11. The predicted octanol–water partition coefficient (Wildman–Crippen LogP) is 1.14. The monoisotopic (exact) mass is 761 g/mol. The molecule has 3 fully saturated rings. The van der Waals surface area contributed by atoms with Gasteiger partial charge in [-0.2, -0.15) is 0 Å². The predicted molar refractivity (Wildman–Crippen MR) is 206 cm³/mol. The Hall–Kier alpha value is -3.56. The number of hydrogen-bond donors (Lipinski definition) is 7. The first-order valence-electron chi connectivity index (χ1n) is 20.1. The highest BCUT2D eigenvalue weighted by molar-refractivity contribution is 5.96. The number of amides is 6. The van der Waals surface area contributed by atoms with Gasteiger partial charge in [0.05, 0.1) is 18.6 Å². The molecule has 0 radical (unpaired) electrons. The third-order valence-electron chi connectivity index (χ3n) is 11.0. The normalized spacial score (nSPS) is 31.4. The first kappa shape index (κ1) is 44.8. The lowest BCUT2D eigenvalue weighted by Crippen LogP contribution is -2.62. The third kappa shape index (κ3) is 13.3. The van der Waals surface area contributed by atoms with E-state index in [0.29, 0.717) is 32.1 Å². The molecule has 54 heavy (non-hydrogen) atoms. The SMILES string of the molecule is CCCCCC[C@H]1OC[C@@H](C)NC(=O)[C@H](CNC(=O)C2CC(N)C2)NC(=O)[C@H](CN)NC(=O)[C@H](C2CCCCC2)NC(=O)[C@H](C=C(C)C)N(C)C(=O)[C@@H]1C. The van der Waals surface area contributed by atoms with Gasteiger partial charge in [0.2, 0.25) is 35.4 Å². The molecule has 0 aromatic carbocycles. The fourth-order valence-corrected chi connectivity index (χ4v) is 7.50. The molecule has 1 aliphatic heterocycles. The van der Waals surface area contributed by atoms with Crippen LogP contribution in [0.2, 0.25) is 0 Å². The highest BCUT2D eigenvalue weighted by atomic mass is 16.5. The van der Waals surface area contributed by atoms with E-state index in [0.717, 1.165) is 50.5 Å². The summed E-state index contributed by atoms with van der Waals surface area (Å²) in [6, 6.07) is -5.05. The van der Waals surface area contributed by atoms with Crippen molar-refractivity contribution >= 4 is 35.4 Å². The fourth-order valence-electron chi connectivity index (χ4n) is 7.50. The van der Waals surface area contributed by atoms with Gasteiger partial charge in [0, 0.05) is 38.1 Å². The third-order valence-corrected chi connectivity index (χ3v) is 11.0. The van der Waals surface area contributed by atoms with Gasteiger partial charge in [-0.15, -0.1) is 0 Å². The molecule has 3 aliphatic rings. The summed E-state index contributed by atoms with van der Waals surface area (Å²) >= 11 is 0. The van der Waals surface area contributed by atoms with Crippen molar-refractivity contribution < 1.29 is 33.5 Å². The Kier molecular flexibility index (Phi) is 18.4. The van der Waals surface area contributed by atoms with Crippen LogP contribution in [0.5, 0.6) is 0 Å². The summed E-state index contributed by atoms with van der Waals surface area (Å²) in [5.74, 6) is -4.03. The summed E-state index contributed by atoms with van der Waals surface area (Å²) < 4.78 is 6.37. The molecule has 3 rings (SSSR count). The summed E-state index contributed by atoms with van der Waals surface area (Å²) in [6.07, 6.45) is 10.9. The number of likely N-dealkylation sites (N-methyl/N-ethyl adjacent to an activating group) is 1. The molecule has 0 bridgehead atoms. The van der Waals surface area contributed by atoms with Crippen molar-refractivity contribution in [2.24, 2.45) is 29.2 Å². The Bertz CT molecular complexity index is 1310. The lowest BCUT2D eigenvalue weighted by Gasteiger charge is -2.35. The Labute approximate surface area is 321 Å². The molecule has 1 heterocycles. The quantitative estimate of drug-likeness (QED) is 0.118. The largest absolute Gasteiger partial charge is 0.375 e. The van der Waals surface area contributed by atoms with Crippen LogP contribution in [0.25, 0.3) is 0 Å². The minimum absolute atomic E-state index is 0.0480. The van der Waals surface area contributed by atoms with Gasteiger partial charge in [-0.1, -0.05) is 70.4 Å². The van der Waals surface area contributed by atoms with E-state index in [-0.39, 0.29) is 49.4 Å². The molecule has 1 saturated heterocycles. The zero-order chi connectivity index (χ0) is 39.9. The van der Waals surface area contributed by atoms with Crippen molar-refractivity contribution in [3.63, 3.8) is 0 Å². The van der Waals surface area contributed by atoms with E-state index in [2.05, 4.69) is 33.5 Å². The molecule has 306 valence electrons. The molecule has 7 atom stereocenters. The van der Waals surface area contributed by atoms with Crippen molar-refractivity contribution in [3.8, 4) is 0 Å². The van der Waals surface area contributed by atoms with Crippen LogP contribution in [0.3, 0.4) is 0 Å². The number of nitrogens with two attached hydrogens (primary N) is 2. The summed E-state index contributed by atoms with van der Waals surface area (Å²) in [4.78, 5) is 84.0. The molecule has 2 aliphatic carbocycles. The van der Waals surface area contributed by atoms with Crippen molar-refractivity contribution in [1.82, 2.24) is 31.5 Å². The zero-order valence-electron chi connectivity index (χ0n) is 33.4. The van der Waals surface area contributed by atoms with Crippen molar-refractivity contribution in [3.05, 3.63) is 11.6 Å². The lowest BCUT2D eigenvalue weighted by atomic mass is 9.80. The van der Waals surface area contributed by atoms with Gasteiger partial charge >= 0.3 is 0 Å². The first-order chi connectivity index (χ1) is 25.7. The number of carbonyl (C=O) groups excluding carboxylic acids is 6. The lowest BCUT2D eigenvalue weighted by molar-refractivity contribution is -0.145. The van der Waals surface area contributed by atoms with Crippen molar-refractivity contribution in [1.29, 1.82) is 0 Å². The van der Waals surface area contributed by atoms with E-state index in [4.69, 9.17) is 16.2 Å². The van der Waals surface area contributed by atoms with E-state index in [1.165, 1.54) is 4.90 Å². The number of nitrogens with one attached hydrogen (secondary N) is 5. The van der Waals surface area contributed by atoms with Crippen LogP contribution in [0.4, 0.5) is 0 Å². The van der Waals surface area contributed by atoms with Gasteiger partial charge in [-0.25, -0.2) is 0 Å². The Morgan fingerprint density at radius 3 is 2.15 bits per heavy atom. The average molecular weight is 761 g/mol. The standard InChI is InChI=1S/C39H68N8O7/c1-7-8-9-13-16-32-25(5)39(53)47(6)31(17-23(2)3)37(51)46-33(26-14-11-10-12-15-26)38(52)44-29(20-40)35(49)45-30(36(50)43-24(4)22-54-32)21-42-34(48)27-18-28(41)19-27/h17,24-33H,7-16,18-22,40-41H2,1-6H3,(H,42,48)(H,43,50)(H,44,52)(H,45,49)(H,46,51)/t24-,25-,27?,28?,29+,30+,31+,32-,33+/m1/s1. The molecule has 9 N–H and O–H groups in total. The summed E-state index contributed by atoms with van der Waals surface area (Å²) in [5, 5.41) is 14.0. The van der Waals surface area contributed by atoms with Crippen molar-refractivity contribution in [2.75, 3.05) is 26.7 Å². The van der Waals surface area contributed by atoms with E-state index in [9.17, 15) is 28.8 Å². The maximum absolute atomic E-state index is 14.2. The molecular weight excluding hydrogens is 692 g/mol. The van der Waals surface area contributed by atoms with Crippen LogP contribution in [-0.4, -0.2) is 109 Å². The topological polar surface area (TPSA) is 227 Å². The first-order valence-corrected chi connectivity index (χ1v) is 20.1. The maximum atomic E-state index is 14.2. The molecular formula is C39H68N8O7. The summed E-state index contributed by atoms with van der Waals surface area (Å²) in [6.45, 7) is 8.93. The molecule has 0 aromatic heterocycles. The van der Waals surface area contributed by atoms with Gasteiger partial charge < -0.3 is 47.7 Å². The minimum Gasteiger partial charge on any atom is -0.375 e. The number of ether oxygens (including phenoxy) is 1. The molecule has 6 amide bonds. The molecule has 15 heteroatoms. The molecule has 15 nitrogen and oxygen atoms in total. The summed E-state index contributed by atoms with van der Waals surface area (Å²) in [5.41, 5.74) is 12.7. The molecule has 0 aromatic rings. The highest BCUT2D eigenvalue weighted by Gasteiger charge is 2.39. The minimum atomic E-state index is -1.24. The molecule has 0 unspecified atom stereocenters. The number of allylic oxidation sites excluding steroid dienone is 1. The van der Waals surface area contributed by atoms with E-state index >= 15 is 0 Å². The van der Waals surface area contributed by atoms with Crippen LogP contribution in [-0.2, 0) is 33.5 Å². The van der Waals surface area contributed by atoms with Crippen LogP contribution in [0.15, 0.2) is 11.6 Å². The second-order valence-corrected chi connectivity index (χ2v) is 16.0. The zero-order valence-corrected chi connectivity index (χ0v) is 33.4. The van der Waals surface area contributed by atoms with Crippen LogP contribution >= 0.6 is 0 Å². The highest BCUT2D eigenvalue weighted by Crippen LogP contribution is 2.28. The van der Waals surface area contributed by atoms with Crippen molar-refractivity contribution in [2.45, 2.75) is 154 Å². The van der Waals surface area contributed by atoms with E-state index in [1.54, 1.807) is 27.0 Å². The summed E-state index contributed by atoms with van der Waals surface area (Å²) in [7, 11) is 1.59. The fraction of sp³-hybridized carbons (Fsp3) is 0.795. The van der Waals surface area contributed by atoms with Gasteiger partial charge in [-0.3, -0.25) is 28.8 Å². The maximum Gasteiger partial charge on any atom is 0.247 e. The second kappa shape index (κ2) is 22.1. The van der Waals surface area contributed by atoms with Gasteiger partial charge in [0.15, 0.2) is 0 Å². The number of carbonyl (C=O) groups is 6. The van der Waals surface area contributed by atoms with E-state index in [1.807, 2.05) is 13.8 Å². The van der Waals surface area contributed by atoms with Gasteiger partial charge in [-0.05, 0) is 58.8 Å². The molecule has 0 spiro atoms. The van der Waals surface area contributed by atoms with E-state index < -0.39 is 65.9 Å². The number of nitrogens with zero attached hydrogens (tertiary/aromatic N) is 1. The smallest absolute Gasteiger partial charge is 0.247 e. The second-order valence-electron chi connectivity index (χ2n) is 16.0. The Morgan fingerprint density at radius 2 is 1.54 bits per heavy atom. The van der Waals surface area contributed by atoms with Gasteiger partial charge in [0.25, 0.3) is 0 Å². The number of hydrogen-bond acceptors (Lipinski definition) is 9.